The highest BCUT2D eigenvalue weighted by Gasteiger charge is 2.14. The molecule has 1 fully saturated rings. The Morgan fingerprint density at radius 3 is 2.81 bits per heavy atom. The van der Waals surface area contributed by atoms with Crippen molar-refractivity contribution < 1.29 is 14.6 Å². The van der Waals surface area contributed by atoms with E-state index in [1.165, 1.54) is 11.3 Å². The zero-order chi connectivity index (χ0) is 10.7. The molecule has 0 radical (unpaired) electrons. The van der Waals surface area contributed by atoms with E-state index in [0.29, 0.717) is 0 Å². The van der Waals surface area contributed by atoms with E-state index in [4.69, 9.17) is 9.84 Å². The number of aromatic carboxylic acids is 1. The van der Waals surface area contributed by atoms with Crippen LogP contribution in [0.4, 0.5) is 0 Å². The normalized spacial score (nSPS) is 16.8. The van der Waals surface area contributed by atoms with Gasteiger partial charge in [-0.3, -0.25) is 4.90 Å². The summed E-state index contributed by atoms with van der Waals surface area (Å²) in [6.45, 7) is 4.00. The Kier molecular flexibility index (Phi) is 5.14. The number of carboxylic acids is 1. The molecule has 1 aromatic heterocycles. The maximum Gasteiger partial charge on any atom is 0.355 e. The van der Waals surface area contributed by atoms with Crippen molar-refractivity contribution in [3.63, 3.8) is 0 Å². The topological polar surface area (TPSA) is 62.7 Å². The number of hydrogen-bond donors (Lipinski definition) is 1. The molecule has 1 N–H and O–H groups in total. The van der Waals surface area contributed by atoms with Crippen LogP contribution in [-0.4, -0.2) is 47.3 Å². The van der Waals surface area contributed by atoms with Gasteiger partial charge in [-0.2, -0.15) is 0 Å². The summed E-state index contributed by atoms with van der Waals surface area (Å²) >= 11 is 1.40. The molecular formula is C9H13ClN2O3S. The smallest absolute Gasteiger partial charge is 0.355 e. The van der Waals surface area contributed by atoms with Crippen LogP contribution in [0.1, 0.15) is 15.5 Å². The second-order valence-electron chi connectivity index (χ2n) is 3.32. The van der Waals surface area contributed by atoms with Crippen molar-refractivity contribution in [2.24, 2.45) is 0 Å². The van der Waals surface area contributed by atoms with E-state index in [2.05, 4.69) is 9.88 Å². The van der Waals surface area contributed by atoms with Gasteiger partial charge in [-0.05, 0) is 0 Å². The highest BCUT2D eigenvalue weighted by molar-refractivity contribution is 7.09. The van der Waals surface area contributed by atoms with Gasteiger partial charge in [0, 0.05) is 18.5 Å². The Morgan fingerprint density at radius 1 is 1.56 bits per heavy atom. The first-order valence-corrected chi connectivity index (χ1v) is 5.61. The molecule has 2 rings (SSSR count). The average molecular weight is 265 g/mol. The molecule has 0 saturated carbocycles. The minimum atomic E-state index is -0.959. The van der Waals surface area contributed by atoms with Crippen molar-refractivity contribution in [2.75, 3.05) is 26.3 Å². The Labute approximate surface area is 103 Å². The third-order valence-electron chi connectivity index (χ3n) is 2.23. The molecule has 90 valence electrons. The number of thiazole rings is 1. The summed E-state index contributed by atoms with van der Waals surface area (Å²) in [7, 11) is 0. The van der Waals surface area contributed by atoms with E-state index in [9.17, 15) is 4.79 Å². The van der Waals surface area contributed by atoms with Gasteiger partial charge in [-0.25, -0.2) is 9.78 Å². The number of halogens is 1. The lowest BCUT2D eigenvalue weighted by atomic mass is 10.4. The number of aromatic nitrogens is 1. The molecule has 16 heavy (non-hydrogen) atoms. The molecule has 1 aliphatic heterocycles. The minimum absolute atomic E-state index is 0. The summed E-state index contributed by atoms with van der Waals surface area (Å²) in [6, 6.07) is 0. The molecule has 0 aromatic carbocycles. The molecule has 0 aliphatic carbocycles. The molecule has 1 aromatic rings. The van der Waals surface area contributed by atoms with Gasteiger partial charge in [0.25, 0.3) is 0 Å². The Bertz CT molecular complexity index is 352. The molecule has 0 bridgehead atoms. The second-order valence-corrected chi connectivity index (χ2v) is 4.26. The number of hydrogen-bond acceptors (Lipinski definition) is 5. The third kappa shape index (κ3) is 3.41. The van der Waals surface area contributed by atoms with Gasteiger partial charge in [0.1, 0.15) is 5.01 Å². The number of carbonyl (C=O) groups is 1. The van der Waals surface area contributed by atoms with Crippen LogP contribution in [0.2, 0.25) is 0 Å². The number of ether oxygens (including phenoxy) is 1. The van der Waals surface area contributed by atoms with E-state index in [1.54, 1.807) is 5.38 Å². The van der Waals surface area contributed by atoms with Crippen LogP contribution in [0, 0.1) is 0 Å². The van der Waals surface area contributed by atoms with Crippen LogP contribution < -0.4 is 0 Å². The zero-order valence-corrected chi connectivity index (χ0v) is 10.2. The standard InChI is InChI=1S/C9H12N2O3S.ClH/c12-9(13)7-6-15-8(10-7)5-11-1-3-14-4-2-11;/h6H,1-5H2,(H,12,13);1H. The largest absolute Gasteiger partial charge is 0.476 e. The molecule has 5 nitrogen and oxygen atoms in total. The van der Waals surface area contributed by atoms with Crippen molar-refractivity contribution in [3.8, 4) is 0 Å². The molecule has 0 amide bonds. The van der Waals surface area contributed by atoms with Gasteiger partial charge in [0.15, 0.2) is 5.69 Å². The Morgan fingerprint density at radius 2 is 2.25 bits per heavy atom. The predicted octanol–water partition coefficient (Wildman–Crippen LogP) is 1.10. The van der Waals surface area contributed by atoms with Crippen molar-refractivity contribution in [1.29, 1.82) is 0 Å². The fourth-order valence-electron chi connectivity index (χ4n) is 1.43. The molecular weight excluding hydrogens is 252 g/mol. The summed E-state index contributed by atoms with van der Waals surface area (Å²) in [5.74, 6) is -0.959. The van der Waals surface area contributed by atoms with Crippen LogP contribution in [0.3, 0.4) is 0 Å². The fraction of sp³-hybridized carbons (Fsp3) is 0.556. The molecule has 0 unspecified atom stereocenters. The zero-order valence-electron chi connectivity index (χ0n) is 8.59. The summed E-state index contributed by atoms with van der Waals surface area (Å²) in [6.07, 6.45) is 0. The molecule has 1 saturated heterocycles. The average Bonchev–Trinajstić information content (AvgIpc) is 2.68. The van der Waals surface area contributed by atoms with E-state index in [1.807, 2.05) is 0 Å². The van der Waals surface area contributed by atoms with Gasteiger partial charge < -0.3 is 9.84 Å². The first kappa shape index (κ1) is 13.4. The second kappa shape index (κ2) is 6.15. The number of morpholine rings is 1. The SMILES string of the molecule is Cl.O=C(O)c1csc(CN2CCOCC2)n1. The van der Waals surface area contributed by atoms with Gasteiger partial charge in [-0.1, -0.05) is 0 Å². The number of rotatable bonds is 3. The lowest BCUT2D eigenvalue weighted by Gasteiger charge is -2.25. The van der Waals surface area contributed by atoms with Crippen LogP contribution in [-0.2, 0) is 11.3 Å². The first-order valence-electron chi connectivity index (χ1n) is 4.73. The van der Waals surface area contributed by atoms with Crippen LogP contribution in [0.5, 0.6) is 0 Å². The Hall–Kier alpha value is -0.690. The van der Waals surface area contributed by atoms with Gasteiger partial charge in [0.05, 0.1) is 19.8 Å². The molecule has 1 aliphatic rings. The quantitative estimate of drug-likeness (QED) is 0.886. The predicted molar refractivity (Wildman–Crippen MR) is 62.4 cm³/mol. The highest BCUT2D eigenvalue weighted by Crippen LogP contribution is 2.13. The summed E-state index contributed by atoms with van der Waals surface area (Å²) in [4.78, 5) is 16.9. The van der Waals surface area contributed by atoms with Crippen molar-refractivity contribution >= 4 is 29.7 Å². The molecule has 0 spiro atoms. The summed E-state index contributed by atoms with van der Waals surface area (Å²) in [5, 5.41) is 11.2. The van der Waals surface area contributed by atoms with Gasteiger partial charge >= 0.3 is 5.97 Å². The molecule has 2 heterocycles. The van der Waals surface area contributed by atoms with E-state index in [-0.39, 0.29) is 18.1 Å². The van der Waals surface area contributed by atoms with Crippen molar-refractivity contribution in [1.82, 2.24) is 9.88 Å². The lowest BCUT2D eigenvalue weighted by Crippen LogP contribution is -2.35. The molecule has 0 atom stereocenters. The lowest BCUT2D eigenvalue weighted by molar-refractivity contribution is 0.0341. The number of nitrogens with zero attached hydrogens (tertiary/aromatic N) is 2. The van der Waals surface area contributed by atoms with Gasteiger partial charge in [0.2, 0.25) is 0 Å². The summed E-state index contributed by atoms with van der Waals surface area (Å²) in [5.41, 5.74) is 0.142. The van der Waals surface area contributed by atoms with E-state index in [0.717, 1.165) is 37.9 Å². The van der Waals surface area contributed by atoms with E-state index >= 15 is 0 Å². The first-order chi connectivity index (χ1) is 7.25. The third-order valence-corrected chi connectivity index (χ3v) is 3.07. The fourth-order valence-corrected chi connectivity index (χ4v) is 2.24. The van der Waals surface area contributed by atoms with E-state index < -0.39 is 5.97 Å². The number of carboxylic acid groups (broad SMARTS) is 1. The maximum atomic E-state index is 10.6. The van der Waals surface area contributed by atoms with Crippen molar-refractivity contribution in [2.45, 2.75) is 6.54 Å². The van der Waals surface area contributed by atoms with Crippen LogP contribution >= 0.6 is 23.7 Å². The highest BCUT2D eigenvalue weighted by atomic mass is 35.5. The Balaban J connectivity index is 0.00000128. The summed E-state index contributed by atoms with van der Waals surface area (Å²) < 4.78 is 5.23. The van der Waals surface area contributed by atoms with Gasteiger partial charge in [-0.15, -0.1) is 23.7 Å². The van der Waals surface area contributed by atoms with Crippen LogP contribution in [0.25, 0.3) is 0 Å². The van der Waals surface area contributed by atoms with Crippen molar-refractivity contribution in [3.05, 3.63) is 16.1 Å². The van der Waals surface area contributed by atoms with Crippen LogP contribution in [0.15, 0.2) is 5.38 Å². The minimum Gasteiger partial charge on any atom is -0.476 e. The molecule has 7 heteroatoms. The maximum absolute atomic E-state index is 10.6. The monoisotopic (exact) mass is 264 g/mol.